The number of aryl methyl sites for hydroxylation is 1. The molecule has 0 radical (unpaired) electrons. The molecule has 0 saturated heterocycles. The minimum absolute atomic E-state index is 0.130. The van der Waals surface area contributed by atoms with Crippen LogP contribution in [0.5, 0.6) is 0 Å². The molecular weight excluding hydrogens is 316 g/mol. The second kappa shape index (κ2) is 6.57. The van der Waals surface area contributed by atoms with Crippen LogP contribution in [0.4, 0.5) is 0 Å². The molecule has 8 heteroatoms. The maximum absolute atomic E-state index is 11.6. The topological polar surface area (TPSA) is 78.1 Å². The summed E-state index contributed by atoms with van der Waals surface area (Å²) in [5.74, 6) is 0.255. The molecule has 3 rings (SSSR count). The highest BCUT2D eigenvalue weighted by Crippen LogP contribution is 2.23. The van der Waals surface area contributed by atoms with Crippen LogP contribution in [0.15, 0.2) is 35.6 Å². The molecule has 0 bridgehead atoms. The van der Waals surface area contributed by atoms with Crippen LogP contribution < -0.4 is 0 Å². The van der Waals surface area contributed by atoms with Crippen molar-refractivity contribution in [3.05, 3.63) is 40.9 Å². The maximum atomic E-state index is 11.6. The van der Waals surface area contributed by atoms with Crippen molar-refractivity contribution in [1.82, 2.24) is 14.6 Å². The molecule has 0 unspecified atom stereocenters. The van der Waals surface area contributed by atoms with Gasteiger partial charge in [0.05, 0.1) is 6.42 Å². The number of hydrogen-bond donors (Lipinski definition) is 0. The smallest absolute Gasteiger partial charge is 0.317 e. The number of nitrogens with zero attached hydrogens (tertiary/aromatic N) is 4. The van der Waals surface area contributed by atoms with Crippen LogP contribution in [-0.4, -0.2) is 34.1 Å². The fourth-order valence-electron chi connectivity index (χ4n) is 2.07. The number of benzene rings is 1. The van der Waals surface area contributed by atoms with E-state index in [1.165, 1.54) is 18.4 Å². The van der Waals surface area contributed by atoms with E-state index in [0.29, 0.717) is 5.82 Å². The number of hydrogen-bond acceptors (Lipinski definition) is 7. The zero-order chi connectivity index (χ0) is 16.2. The van der Waals surface area contributed by atoms with E-state index in [-0.39, 0.29) is 6.42 Å². The summed E-state index contributed by atoms with van der Waals surface area (Å²) in [6, 6.07) is 7.95. The van der Waals surface area contributed by atoms with Crippen LogP contribution in [0.25, 0.3) is 16.3 Å². The molecule has 0 amide bonds. The molecule has 3 aromatic rings. The second-order valence-electron chi connectivity index (χ2n) is 4.73. The number of rotatable bonds is 5. The Morgan fingerprint density at radius 1 is 1.43 bits per heavy atom. The monoisotopic (exact) mass is 330 g/mol. The van der Waals surface area contributed by atoms with E-state index in [4.69, 9.17) is 4.74 Å². The minimum atomic E-state index is -0.422. The summed E-state index contributed by atoms with van der Waals surface area (Å²) < 4.78 is 6.45. The molecule has 0 aliphatic heterocycles. The molecular formula is C15H14N4O3S. The number of carbonyl (C=O) groups excluding carboxylic acids is 1. The predicted molar refractivity (Wildman–Crippen MR) is 86.3 cm³/mol. The summed E-state index contributed by atoms with van der Waals surface area (Å²) in [7, 11) is 1.37. The summed E-state index contributed by atoms with van der Waals surface area (Å²) in [6.07, 6.45) is 2.88. The number of esters is 1. The second-order valence-corrected chi connectivity index (χ2v) is 5.83. The molecule has 1 aromatic carbocycles. The summed E-state index contributed by atoms with van der Waals surface area (Å²) >= 11 is 1.40. The number of oxime groups is 1. The van der Waals surface area contributed by atoms with E-state index in [2.05, 4.69) is 20.1 Å². The summed E-state index contributed by atoms with van der Waals surface area (Å²) in [6.45, 7) is 2.02. The summed E-state index contributed by atoms with van der Waals surface area (Å²) in [4.78, 5) is 22.1. The van der Waals surface area contributed by atoms with Gasteiger partial charge in [-0.3, -0.25) is 4.79 Å². The first kappa shape index (κ1) is 15.2. The Morgan fingerprint density at radius 2 is 2.26 bits per heavy atom. The lowest BCUT2D eigenvalue weighted by atomic mass is 10.1. The van der Waals surface area contributed by atoms with E-state index >= 15 is 0 Å². The Kier molecular flexibility index (Phi) is 4.33. The van der Waals surface area contributed by atoms with E-state index in [0.717, 1.165) is 27.4 Å². The maximum Gasteiger partial charge on any atom is 0.317 e. The molecule has 118 valence electrons. The Hall–Kier alpha value is -2.74. The molecule has 2 aromatic heterocycles. The Bertz CT molecular complexity index is 837. The minimum Gasteiger partial charge on any atom is -0.411 e. The van der Waals surface area contributed by atoms with Crippen molar-refractivity contribution >= 4 is 28.7 Å². The van der Waals surface area contributed by atoms with Crippen LogP contribution in [0.2, 0.25) is 0 Å². The standard InChI is InChI=1S/C15H14N4O3S/c1-10-5-3-4-6-12(10)14-17-15-19(18-14)8-11(23-15)7-13(20)22-9-16-21-2/h3-6,8-9H,7H2,1-2H3. The molecule has 0 fully saturated rings. The third-order valence-corrected chi connectivity index (χ3v) is 4.10. The number of aromatic nitrogens is 3. The van der Waals surface area contributed by atoms with E-state index in [1.54, 1.807) is 10.7 Å². The van der Waals surface area contributed by atoms with Crippen LogP contribution in [0.3, 0.4) is 0 Å². The van der Waals surface area contributed by atoms with Crippen LogP contribution >= 0.6 is 11.3 Å². The first-order valence-electron chi connectivity index (χ1n) is 6.83. The highest BCUT2D eigenvalue weighted by Gasteiger charge is 2.13. The molecule has 0 saturated carbocycles. The third-order valence-electron chi connectivity index (χ3n) is 3.13. The number of carbonyl (C=O) groups is 1. The highest BCUT2D eigenvalue weighted by molar-refractivity contribution is 7.17. The van der Waals surface area contributed by atoms with Gasteiger partial charge in [0, 0.05) is 16.6 Å². The van der Waals surface area contributed by atoms with Crippen molar-refractivity contribution in [3.8, 4) is 11.4 Å². The first-order valence-corrected chi connectivity index (χ1v) is 7.64. The quantitative estimate of drug-likeness (QED) is 0.311. The van der Waals surface area contributed by atoms with Gasteiger partial charge in [0.1, 0.15) is 7.11 Å². The number of ether oxygens (including phenoxy) is 1. The number of fused-ring (bicyclic) bond motifs is 1. The van der Waals surface area contributed by atoms with Crippen LogP contribution in [-0.2, 0) is 20.8 Å². The fraction of sp³-hybridized carbons (Fsp3) is 0.200. The van der Waals surface area contributed by atoms with E-state index in [1.807, 2.05) is 31.2 Å². The van der Waals surface area contributed by atoms with Gasteiger partial charge in [0.15, 0.2) is 5.82 Å². The molecule has 0 spiro atoms. The van der Waals surface area contributed by atoms with Gasteiger partial charge in [-0.25, -0.2) is 4.52 Å². The third kappa shape index (κ3) is 3.37. The molecule has 0 atom stereocenters. The van der Waals surface area contributed by atoms with Gasteiger partial charge in [-0.05, 0) is 12.5 Å². The van der Waals surface area contributed by atoms with Crippen molar-refractivity contribution in [2.24, 2.45) is 5.16 Å². The molecule has 0 N–H and O–H groups in total. The van der Waals surface area contributed by atoms with Crippen molar-refractivity contribution < 1.29 is 14.4 Å². The van der Waals surface area contributed by atoms with Crippen molar-refractivity contribution in [3.63, 3.8) is 0 Å². The molecule has 0 aliphatic carbocycles. The van der Waals surface area contributed by atoms with Gasteiger partial charge in [-0.15, -0.1) is 5.10 Å². The summed E-state index contributed by atoms with van der Waals surface area (Å²) in [5, 5.41) is 7.81. The van der Waals surface area contributed by atoms with Gasteiger partial charge in [0.25, 0.3) is 0 Å². The highest BCUT2D eigenvalue weighted by atomic mass is 32.1. The molecule has 23 heavy (non-hydrogen) atoms. The largest absolute Gasteiger partial charge is 0.411 e. The molecule has 7 nitrogen and oxygen atoms in total. The zero-order valence-corrected chi connectivity index (χ0v) is 13.4. The SMILES string of the molecule is CON=COC(=O)Cc1cn2nc(-c3ccccc3C)nc2s1. The molecule has 2 heterocycles. The Morgan fingerprint density at radius 3 is 3.00 bits per heavy atom. The average Bonchev–Trinajstić information content (AvgIpc) is 3.06. The summed E-state index contributed by atoms with van der Waals surface area (Å²) in [5.41, 5.74) is 2.12. The van der Waals surface area contributed by atoms with Crippen molar-refractivity contribution in [2.75, 3.05) is 7.11 Å². The Labute approximate surface area is 136 Å². The fourth-order valence-corrected chi connectivity index (χ4v) is 2.97. The lowest BCUT2D eigenvalue weighted by molar-refractivity contribution is -0.134. The van der Waals surface area contributed by atoms with Crippen molar-refractivity contribution in [2.45, 2.75) is 13.3 Å². The zero-order valence-electron chi connectivity index (χ0n) is 12.6. The van der Waals surface area contributed by atoms with Crippen molar-refractivity contribution in [1.29, 1.82) is 0 Å². The lowest BCUT2D eigenvalue weighted by Gasteiger charge is -1.99. The van der Waals surface area contributed by atoms with Crippen LogP contribution in [0, 0.1) is 6.92 Å². The Balaban J connectivity index is 1.77. The van der Waals surface area contributed by atoms with Gasteiger partial charge < -0.3 is 9.57 Å². The number of thiazole rings is 1. The molecule has 0 aliphatic rings. The first-order chi connectivity index (χ1) is 11.2. The van der Waals surface area contributed by atoms with Gasteiger partial charge in [0.2, 0.25) is 11.4 Å². The van der Waals surface area contributed by atoms with Crippen LogP contribution in [0.1, 0.15) is 10.4 Å². The van der Waals surface area contributed by atoms with E-state index < -0.39 is 5.97 Å². The van der Waals surface area contributed by atoms with Gasteiger partial charge >= 0.3 is 5.97 Å². The van der Waals surface area contributed by atoms with Gasteiger partial charge in [-0.2, -0.15) is 4.98 Å². The average molecular weight is 330 g/mol. The lowest BCUT2D eigenvalue weighted by Crippen LogP contribution is -2.05. The normalized spacial score (nSPS) is 11.2. The van der Waals surface area contributed by atoms with Gasteiger partial charge in [-0.1, -0.05) is 40.8 Å². The van der Waals surface area contributed by atoms with E-state index in [9.17, 15) is 4.79 Å². The predicted octanol–water partition coefficient (Wildman–Crippen LogP) is 2.44.